The van der Waals surface area contributed by atoms with Crippen LogP contribution in [0.15, 0.2) is 42.7 Å². The second-order valence-corrected chi connectivity index (χ2v) is 6.59. The van der Waals surface area contributed by atoms with Gasteiger partial charge in [-0.05, 0) is 31.9 Å². The minimum Gasteiger partial charge on any atom is -0.369 e. The monoisotopic (exact) mass is 327 g/mol. The summed E-state index contributed by atoms with van der Waals surface area (Å²) >= 11 is 0. The largest absolute Gasteiger partial charge is 0.369 e. The molecule has 5 heteroatoms. The quantitative estimate of drug-likeness (QED) is 0.867. The first-order chi connectivity index (χ1) is 11.6. The lowest BCUT2D eigenvalue weighted by molar-refractivity contribution is -0.153. The zero-order valence-corrected chi connectivity index (χ0v) is 14.6. The predicted molar refractivity (Wildman–Crippen MR) is 92.5 cm³/mol. The summed E-state index contributed by atoms with van der Waals surface area (Å²) in [7, 11) is 0. The third-order valence-corrected chi connectivity index (χ3v) is 4.60. The summed E-state index contributed by atoms with van der Waals surface area (Å²) in [4.78, 5) is 14.8. The van der Waals surface area contributed by atoms with Gasteiger partial charge in [-0.1, -0.05) is 30.3 Å². The molecule has 1 aliphatic heterocycles. The number of morpholine rings is 1. The molecule has 1 aromatic heterocycles. The van der Waals surface area contributed by atoms with Crippen LogP contribution >= 0.6 is 0 Å². The van der Waals surface area contributed by atoms with Crippen molar-refractivity contribution in [3.63, 3.8) is 0 Å². The van der Waals surface area contributed by atoms with Crippen LogP contribution in [-0.2, 0) is 16.1 Å². The van der Waals surface area contributed by atoms with Crippen LogP contribution in [0.3, 0.4) is 0 Å². The number of ether oxygens (including phenoxy) is 1. The lowest BCUT2D eigenvalue weighted by atomic mass is 9.98. The molecule has 0 saturated carbocycles. The van der Waals surface area contributed by atoms with Crippen molar-refractivity contribution in [1.82, 2.24) is 14.7 Å². The van der Waals surface area contributed by atoms with Gasteiger partial charge in [0.1, 0.15) is 6.10 Å². The molecule has 1 aromatic carbocycles. The van der Waals surface area contributed by atoms with E-state index in [9.17, 15) is 4.79 Å². The van der Waals surface area contributed by atoms with Gasteiger partial charge in [-0.15, -0.1) is 0 Å². The molecular formula is C19H25N3O2. The Kier molecular flexibility index (Phi) is 5.00. The van der Waals surface area contributed by atoms with E-state index in [1.807, 2.05) is 54.0 Å². The summed E-state index contributed by atoms with van der Waals surface area (Å²) in [5.74, 6) is 0.160. The predicted octanol–water partition coefficient (Wildman–Crippen LogP) is 2.96. The molecule has 0 N–H and O–H groups in total. The number of carbonyl (C=O) groups excluding carboxylic acids is 1. The summed E-state index contributed by atoms with van der Waals surface area (Å²) in [5, 5.41) is 4.25. The van der Waals surface area contributed by atoms with Gasteiger partial charge in [0, 0.05) is 19.2 Å². The van der Waals surface area contributed by atoms with Crippen molar-refractivity contribution in [2.24, 2.45) is 0 Å². The molecule has 1 aliphatic rings. The Morgan fingerprint density at radius 1 is 1.29 bits per heavy atom. The van der Waals surface area contributed by atoms with Crippen molar-refractivity contribution in [3.8, 4) is 0 Å². The van der Waals surface area contributed by atoms with Gasteiger partial charge in [0.2, 0.25) is 5.91 Å². The molecule has 128 valence electrons. The fraction of sp³-hybridized carbons (Fsp3) is 0.474. The first kappa shape index (κ1) is 16.7. The second-order valence-electron chi connectivity index (χ2n) is 6.59. The number of aromatic nitrogens is 2. The first-order valence-electron chi connectivity index (χ1n) is 8.53. The van der Waals surface area contributed by atoms with Crippen LogP contribution in [0.1, 0.15) is 37.5 Å². The van der Waals surface area contributed by atoms with E-state index in [-0.39, 0.29) is 24.1 Å². The van der Waals surface area contributed by atoms with Gasteiger partial charge in [0.05, 0.1) is 24.9 Å². The fourth-order valence-corrected chi connectivity index (χ4v) is 3.43. The topological polar surface area (TPSA) is 47.4 Å². The highest BCUT2D eigenvalue weighted by atomic mass is 16.5. The van der Waals surface area contributed by atoms with Crippen LogP contribution in [-0.4, -0.2) is 39.3 Å². The van der Waals surface area contributed by atoms with E-state index in [1.165, 1.54) is 0 Å². The van der Waals surface area contributed by atoms with Gasteiger partial charge in [-0.3, -0.25) is 9.48 Å². The SMILES string of the molecule is Cc1cnn(CCC(=O)N2[C@H](C)CO[C@@H](c3ccccc3)[C@@H]2C)c1. The van der Waals surface area contributed by atoms with E-state index in [1.54, 1.807) is 0 Å². The van der Waals surface area contributed by atoms with Crippen LogP contribution in [0, 0.1) is 6.92 Å². The van der Waals surface area contributed by atoms with Crippen molar-refractivity contribution in [1.29, 1.82) is 0 Å². The molecule has 0 aliphatic carbocycles. The molecule has 2 aromatic rings. The van der Waals surface area contributed by atoms with Crippen LogP contribution in [0.5, 0.6) is 0 Å². The molecule has 0 spiro atoms. The summed E-state index contributed by atoms with van der Waals surface area (Å²) in [6.07, 6.45) is 4.16. The molecule has 24 heavy (non-hydrogen) atoms. The molecule has 1 amide bonds. The highest BCUT2D eigenvalue weighted by Crippen LogP contribution is 2.31. The number of hydrogen-bond acceptors (Lipinski definition) is 3. The molecule has 1 fully saturated rings. The molecule has 3 rings (SSSR count). The van der Waals surface area contributed by atoms with Gasteiger partial charge in [0.25, 0.3) is 0 Å². The average molecular weight is 327 g/mol. The Labute approximate surface area is 143 Å². The third kappa shape index (κ3) is 3.51. The van der Waals surface area contributed by atoms with E-state index in [4.69, 9.17) is 4.74 Å². The zero-order chi connectivity index (χ0) is 17.1. The summed E-state index contributed by atoms with van der Waals surface area (Å²) in [6, 6.07) is 10.2. The Balaban J connectivity index is 1.69. The Bertz CT molecular complexity index is 683. The van der Waals surface area contributed by atoms with Crippen molar-refractivity contribution >= 4 is 5.91 Å². The maximum absolute atomic E-state index is 12.8. The molecular weight excluding hydrogens is 302 g/mol. The minimum absolute atomic E-state index is 0.0167. The van der Waals surface area contributed by atoms with Crippen molar-refractivity contribution in [2.75, 3.05) is 6.61 Å². The molecule has 2 heterocycles. The van der Waals surface area contributed by atoms with Gasteiger partial charge in [0.15, 0.2) is 0 Å². The molecule has 0 unspecified atom stereocenters. The van der Waals surface area contributed by atoms with Gasteiger partial charge in [-0.2, -0.15) is 5.10 Å². The Morgan fingerprint density at radius 2 is 2.04 bits per heavy atom. The summed E-state index contributed by atoms with van der Waals surface area (Å²) in [6.45, 7) is 7.30. The van der Waals surface area contributed by atoms with Gasteiger partial charge in [-0.25, -0.2) is 0 Å². The Hall–Kier alpha value is -2.14. The molecule has 0 bridgehead atoms. The third-order valence-electron chi connectivity index (χ3n) is 4.60. The molecule has 1 saturated heterocycles. The second kappa shape index (κ2) is 7.18. The molecule has 5 nitrogen and oxygen atoms in total. The van der Waals surface area contributed by atoms with Gasteiger partial charge < -0.3 is 9.64 Å². The standard InChI is InChI=1S/C19H25N3O2/c1-14-11-20-21(12-14)10-9-18(23)22-15(2)13-24-19(16(22)3)17-7-5-4-6-8-17/h4-8,11-12,15-16,19H,9-10,13H2,1-3H3/t15-,16+,19-/m1/s1. The van der Waals surface area contributed by atoms with Crippen LogP contribution in [0.2, 0.25) is 0 Å². The normalized spacial score (nSPS) is 24.1. The number of rotatable bonds is 4. The lowest BCUT2D eigenvalue weighted by Gasteiger charge is -2.44. The van der Waals surface area contributed by atoms with Crippen molar-refractivity contribution in [2.45, 2.75) is 51.9 Å². The zero-order valence-electron chi connectivity index (χ0n) is 14.6. The molecule has 0 radical (unpaired) electrons. The van der Waals surface area contributed by atoms with Crippen LogP contribution in [0.25, 0.3) is 0 Å². The maximum atomic E-state index is 12.8. The van der Waals surface area contributed by atoms with Crippen LogP contribution < -0.4 is 0 Å². The number of benzene rings is 1. The number of carbonyl (C=O) groups is 1. The van der Waals surface area contributed by atoms with Crippen molar-refractivity contribution in [3.05, 3.63) is 53.9 Å². The van der Waals surface area contributed by atoms with Crippen molar-refractivity contribution < 1.29 is 9.53 Å². The maximum Gasteiger partial charge on any atom is 0.225 e. The average Bonchev–Trinajstić information content (AvgIpc) is 2.99. The van der Waals surface area contributed by atoms with E-state index >= 15 is 0 Å². The van der Waals surface area contributed by atoms with E-state index in [0.717, 1.165) is 11.1 Å². The number of amides is 1. The van der Waals surface area contributed by atoms with Crippen LogP contribution in [0.4, 0.5) is 0 Å². The number of nitrogens with zero attached hydrogens (tertiary/aromatic N) is 3. The molecule has 3 atom stereocenters. The lowest BCUT2D eigenvalue weighted by Crippen LogP contribution is -2.53. The highest BCUT2D eigenvalue weighted by molar-refractivity contribution is 5.77. The minimum atomic E-state index is -0.0710. The summed E-state index contributed by atoms with van der Waals surface area (Å²) in [5.41, 5.74) is 2.23. The first-order valence-corrected chi connectivity index (χ1v) is 8.53. The van der Waals surface area contributed by atoms with E-state index < -0.39 is 0 Å². The highest BCUT2D eigenvalue weighted by Gasteiger charge is 2.36. The summed E-state index contributed by atoms with van der Waals surface area (Å²) < 4.78 is 7.85. The smallest absolute Gasteiger partial charge is 0.225 e. The van der Waals surface area contributed by atoms with Gasteiger partial charge >= 0.3 is 0 Å². The number of hydrogen-bond donors (Lipinski definition) is 0. The fourth-order valence-electron chi connectivity index (χ4n) is 3.43. The Morgan fingerprint density at radius 3 is 2.71 bits per heavy atom. The number of aryl methyl sites for hydroxylation is 2. The van der Waals surface area contributed by atoms with E-state index in [2.05, 4.69) is 24.2 Å². The van der Waals surface area contributed by atoms with E-state index in [0.29, 0.717) is 19.6 Å².